The fourth-order valence-corrected chi connectivity index (χ4v) is 1.85. The number of ketones is 1. The molecule has 2 heteroatoms. The van der Waals surface area contributed by atoms with Gasteiger partial charge < -0.3 is 0 Å². The average molecular weight is 227 g/mol. The molecule has 0 N–H and O–H groups in total. The lowest BCUT2D eigenvalue weighted by Gasteiger charge is -2.13. The molecule has 0 fully saturated rings. The predicted octanol–water partition coefficient (Wildman–Crippen LogP) is 3.79. The summed E-state index contributed by atoms with van der Waals surface area (Å²) in [6.07, 6.45) is 6.53. The summed E-state index contributed by atoms with van der Waals surface area (Å²) >= 11 is 0. The van der Waals surface area contributed by atoms with Gasteiger partial charge >= 0.3 is 0 Å². The molecule has 0 bridgehead atoms. The number of nitrogens with zero attached hydrogens (tertiary/aromatic N) is 1. The minimum absolute atomic E-state index is 0.0323. The third kappa shape index (κ3) is 2.90. The Morgan fingerprint density at radius 3 is 2.53 bits per heavy atom. The van der Waals surface area contributed by atoms with E-state index in [-0.39, 0.29) is 5.78 Å². The van der Waals surface area contributed by atoms with Gasteiger partial charge in [-0.3, -0.25) is 4.79 Å². The molecule has 2 nitrogen and oxygen atoms in total. The fourth-order valence-electron chi connectivity index (χ4n) is 1.85. The van der Waals surface area contributed by atoms with Gasteiger partial charge in [0.25, 0.3) is 0 Å². The normalized spacial score (nSPS) is 13.7. The maximum absolute atomic E-state index is 11.9. The molecule has 17 heavy (non-hydrogen) atoms. The summed E-state index contributed by atoms with van der Waals surface area (Å²) in [7, 11) is 0. The van der Waals surface area contributed by atoms with Crippen LogP contribution in [0.5, 0.6) is 0 Å². The number of carbonyl (C=O) groups excluding carboxylic acids is 1. The summed E-state index contributed by atoms with van der Waals surface area (Å²) in [5.74, 6) is 0.0323. The summed E-state index contributed by atoms with van der Waals surface area (Å²) in [6, 6.07) is 9.31. The molecule has 1 heterocycles. The topological polar surface area (TPSA) is 29.4 Å². The lowest BCUT2D eigenvalue weighted by atomic mass is 10.0. The van der Waals surface area contributed by atoms with E-state index in [1.54, 1.807) is 0 Å². The first kappa shape index (κ1) is 11.8. The Morgan fingerprint density at radius 1 is 1.18 bits per heavy atom. The second-order valence-corrected chi connectivity index (χ2v) is 4.28. The van der Waals surface area contributed by atoms with Crippen molar-refractivity contribution in [1.82, 2.24) is 0 Å². The zero-order valence-corrected chi connectivity index (χ0v) is 10.1. The third-order valence-corrected chi connectivity index (χ3v) is 2.87. The van der Waals surface area contributed by atoms with Crippen molar-refractivity contribution in [3.05, 3.63) is 47.7 Å². The monoisotopic (exact) mass is 227 g/mol. The van der Waals surface area contributed by atoms with Crippen molar-refractivity contribution in [2.75, 3.05) is 0 Å². The Bertz CT molecular complexity index is 457. The number of aliphatic imine (C=N–C) groups is 1. The molecular formula is C15H17NO. The van der Waals surface area contributed by atoms with Crippen LogP contribution in [0.15, 0.2) is 47.1 Å². The molecule has 0 saturated heterocycles. The van der Waals surface area contributed by atoms with Crippen LogP contribution in [0.1, 0.15) is 43.0 Å². The quantitative estimate of drug-likeness (QED) is 0.537. The molecule has 1 aliphatic heterocycles. The third-order valence-electron chi connectivity index (χ3n) is 2.87. The van der Waals surface area contributed by atoms with Crippen molar-refractivity contribution in [1.29, 1.82) is 0 Å². The highest BCUT2D eigenvalue weighted by Crippen LogP contribution is 2.19. The van der Waals surface area contributed by atoms with E-state index in [1.165, 1.54) is 19.3 Å². The standard InChI is InChI=1S/C15H17NO/c1-2-3-5-10-13-11-14(16-13)15(17)12-8-6-4-7-9-12/h4,6-9,11H,2-3,5,10H2,1H3. The molecule has 0 amide bonds. The highest BCUT2D eigenvalue weighted by molar-refractivity contribution is 6.51. The molecule has 0 saturated carbocycles. The van der Waals surface area contributed by atoms with Crippen LogP contribution in [0, 0.1) is 0 Å². The molecule has 0 aliphatic carbocycles. The van der Waals surface area contributed by atoms with Gasteiger partial charge in [-0.25, -0.2) is 4.99 Å². The number of Topliss-reactive ketones (excluding diaryl/α,β-unsaturated/α-hetero) is 1. The molecule has 0 aromatic heterocycles. The predicted molar refractivity (Wildman–Crippen MR) is 70.4 cm³/mol. The van der Waals surface area contributed by atoms with Crippen molar-refractivity contribution in [3.8, 4) is 0 Å². The molecule has 0 radical (unpaired) electrons. The lowest BCUT2D eigenvalue weighted by Crippen LogP contribution is -2.18. The smallest absolute Gasteiger partial charge is 0.211 e. The molecule has 0 atom stereocenters. The largest absolute Gasteiger partial charge is 0.287 e. The summed E-state index contributed by atoms with van der Waals surface area (Å²) < 4.78 is 0. The molecule has 88 valence electrons. The van der Waals surface area contributed by atoms with Crippen LogP contribution >= 0.6 is 0 Å². The van der Waals surface area contributed by atoms with Crippen molar-refractivity contribution >= 4 is 11.5 Å². The van der Waals surface area contributed by atoms with E-state index in [1.807, 2.05) is 36.4 Å². The van der Waals surface area contributed by atoms with Crippen LogP contribution in [-0.4, -0.2) is 11.5 Å². The summed E-state index contributed by atoms with van der Waals surface area (Å²) in [4.78, 5) is 16.2. The number of unbranched alkanes of at least 4 members (excludes halogenated alkanes) is 2. The number of allylic oxidation sites excluding steroid dienone is 2. The minimum Gasteiger partial charge on any atom is -0.287 e. The van der Waals surface area contributed by atoms with Gasteiger partial charge in [-0.15, -0.1) is 0 Å². The molecular weight excluding hydrogens is 210 g/mol. The maximum atomic E-state index is 11.9. The minimum atomic E-state index is 0.0323. The number of carbonyl (C=O) groups is 1. The Labute approximate surface area is 102 Å². The highest BCUT2D eigenvalue weighted by Gasteiger charge is 2.18. The van der Waals surface area contributed by atoms with Gasteiger partial charge in [0.2, 0.25) is 5.78 Å². The Morgan fingerprint density at radius 2 is 1.88 bits per heavy atom. The zero-order chi connectivity index (χ0) is 12.1. The van der Waals surface area contributed by atoms with E-state index >= 15 is 0 Å². The van der Waals surface area contributed by atoms with Gasteiger partial charge in [0.05, 0.1) is 0 Å². The van der Waals surface area contributed by atoms with E-state index in [0.29, 0.717) is 5.71 Å². The summed E-state index contributed by atoms with van der Waals surface area (Å²) in [5, 5.41) is 0. The second kappa shape index (κ2) is 5.58. The molecule has 1 aromatic rings. The Balaban J connectivity index is 1.87. The number of hydrogen-bond acceptors (Lipinski definition) is 2. The van der Waals surface area contributed by atoms with Crippen LogP contribution < -0.4 is 0 Å². The average Bonchev–Trinajstić information content (AvgIpc) is 2.32. The number of hydrogen-bond donors (Lipinski definition) is 0. The van der Waals surface area contributed by atoms with Gasteiger partial charge in [-0.2, -0.15) is 0 Å². The first-order chi connectivity index (χ1) is 8.31. The maximum Gasteiger partial charge on any atom is 0.211 e. The highest BCUT2D eigenvalue weighted by atomic mass is 16.1. The molecule has 2 rings (SSSR count). The Hall–Kier alpha value is -1.70. The van der Waals surface area contributed by atoms with E-state index in [9.17, 15) is 4.79 Å². The second-order valence-electron chi connectivity index (χ2n) is 4.28. The molecule has 0 unspecified atom stereocenters. The van der Waals surface area contributed by atoms with Crippen molar-refractivity contribution < 1.29 is 4.79 Å². The molecule has 1 aromatic carbocycles. The van der Waals surface area contributed by atoms with Gasteiger partial charge in [-0.1, -0.05) is 50.1 Å². The van der Waals surface area contributed by atoms with E-state index in [2.05, 4.69) is 11.9 Å². The van der Waals surface area contributed by atoms with E-state index in [4.69, 9.17) is 0 Å². The first-order valence-corrected chi connectivity index (χ1v) is 6.20. The van der Waals surface area contributed by atoms with Crippen LogP contribution in [0.4, 0.5) is 0 Å². The fraction of sp³-hybridized carbons (Fsp3) is 0.333. The number of benzene rings is 1. The first-order valence-electron chi connectivity index (χ1n) is 6.20. The molecule has 0 spiro atoms. The van der Waals surface area contributed by atoms with Gasteiger partial charge in [0.15, 0.2) is 0 Å². The van der Waals surface area contributed by atoms with Crippen LogP contribution in [0.2, 0.25) is 0 Å². The van der Waals surface area contributed by atoms with E-state index in [0.717, 1.165) is 17.7 Å². The molecule has 1 aliphatic rings. The Kier molecular flexibility index (Phi) is 3.86. The van der Waals surface area contributed by atoms with Gasteiger partial charge in [0.1, 0.15) is 5.71 Å². The zero-order valence-electron chi connectivity index (χ0n) is 10.1. The van der Waals surface area contributed by atoms with Crippen LogP contribution in [0.25, 0.3) is 0 Å². The van der Waals surface area contributed by atoms with Gasteiger partial charge in [0, 0.05) is 11.3 Å². The van der Waals surface area contributed by atoms with Crippen LogP contribution in [-0.2, 0) is 0 Å². The van der Waals surface area contributed by atoms with Crippen molar-refractivity contribution in [2.24, 2.45) is 4.99 Å². The SMILES string of the molecule is CCCCCC1=CC(C(=O)c2ccccc2)=N1. The summed E-state index contributed by atoms with van der Waals surface area (Å²) in [5.41, 5.74) is 2.38. The van der Waals surface area contributed by atoms with Crippen LogP contribution in [0.3, 0.4) is 0 Å². The number of rotatable bonds is 6. The van der Waals surface area contributed by atoms with Crippen molar-refractivity contribution in [2.45, 2.75) is 32.6 Å². The van der Waals surface area contributed by atoms with E-state index < -0.39 is 0 Å². The van der Waals surface area contributed by atoms with Crippen molar-refractivity contribution in [3.63, 3.8) is 0 Å². The summed E-state index contributed by atoms with van der Waals surface area (Å²) in [6.45, 7) is 2.18. The lowest BCUT2D eigenvalue weighted by molar-refractivity contribution is 0.106. The van der Waals surface area contributed by atoms with Gasteiger partial charge in [-0.05, 0) is 18.9 Å².